The summed E-state index contributed by atoms with van der Waals surface area (Å²) in [4.78, 5) is 16.8. The first kappa shape index (κ1) is 23.1. The van der Waals surface area contributed by atoms with Gasteiger partial charge in [-0.05, 0) is 67.6 Å². The maximum absolute atomic E-state index is 12.6. The molecule has 174 valence electrons. The Balaban J connectivity index is 1.35. The minimum atomic E-state index is -3.79. The summed E-state index contributed by atoms with van der Waals surface area (Å²) in [5.41, 5.74) is 1.89. The number of anilines is 1. The Morgan fingerprint density at radius 1 is 0.971 bits per heavy atom. The SMILES string of the molecule is CCOc1ccc(S(=O)(=O)Nc2ccc(C(=O)OCc3coc(-c4ccccc4)n3)cc2)cc1. The van der Waals surface area contributed by atoms with Gasteiger partial charge in [0.2, 0.25) is 5.89 Å². The van der Waals surface area contributed by atoms with Crippen LogP contribution in [0.3, 0.4) is 0 Å². The van der Waals surface area contributed by atoms with E-state index < -0.39 is 16.0 Å². The third-order valence-corrected chi connectivity index (χ3v) is 6.14. The summed E-state index contributed by atoms with van der Waals surface area (Å²) in [6.45, 7) is 2.29. The summed E-state index contributed by atoms with van der Waals surface area (Å²) in [6.07, 6.45) is 1.44. The Morgan fingerprint density at radius 3 is 2.35 bits per heavy atom. The number of ether oxygens (including phenoxy) is 2. The molecule has 0 spiro atoms. The van der Waals surface area contributed by atoms with Gasteiger partial charge in [-0.3, -0.25) is 4.72 Å². The molecular formula is C25H22N2O6S. The van der Waals surface area contributed by atoms with E-state index in [-0.39, 0.29) is 17.1 Å². The van der Waals surface area contributed by atoms with Crippen molar-refractivity contribution in [1.29, 1.82) is 0 Å². The van der Waals surface area contributed by atoms with Crippen molar-refractivity contribution < 1.29 is 27.1 Å². The number of esters is 1. The summed E-state index contributed by atoms with van der Waals surface area (Å²) < 4.78 is 43.7. The van der Waals surface area contributed by atoms with Crippen molar-refractivity contribution in [1.82, 2.24) is 4.98 Å². The topological polar surface area (TPSA) is 108 Å². The molecule has 0 atom stereocenters. The number of nitrogens with one attached hydrogen (secondary N) is 1. The molecule has 9 heteroatoms. The lowest BCUT2D eigenvalue weighted by Crippen LogP contribution is -2.13. The van der Waals surface area contributed by atoms with Crippen LogP contribution in [-0.4, -0.2) is 26.0 Å². The van der Waals surface area contributed by atoms with Gasteiger partial charge in [0.1, 0.15) is 24.3 Å². The highest BCUT2D eigenvalue weighted by molar-refractivity contribution is 7.92. The molecule has 0 unspecified atom stereocenters. The fourth-order valence-electron chi connectivity index (χ4n) is 3.08. The Bertz CT molecular complexity index is 1350. The number of aromatic nitrogens is 1. The molecule has 0 aliphatic rings. The molecule has 8 nitrogen and oxygen atoms in total. The molecule has 1 heterocycles. The van der Waals surface area contributed by atoms with Gasteiger partial charge in [0, 0.05) is 11.3 Å². The number of carbonyl (C=O) groups excluding carboxylic acids is 1. The van der Waals surface area contributed by atoms with Crippen LogP contribution in [-0.2, 0) is 21.4 Å². The molecule has 34 heavy (non-hydrogen) atoms. The number of rotatable bonds is 9. The number of benzene rings is 3. The molecule has 3 aromatic carbocycles. The molecule has 1 aromatic heterocycles. The molecule has 0 amide bonds. The van der Waals surface area contributed by atoms with Gasteiger partial charge >= 0.3 is 5.97 Å². The van der Waals surface area contributed by atoms with E-state index in [1.54, 1.807) is 12.1 Å². The predicted molar refractivity (Wildman–Crippen MR) is 126 cm³/mol. The third kappa shape index (κ3) is 5.62. The summed E-state index contributed by atoms with van der Waals surface area (Å²) in [5.74, 6) is 0.465. The van der Waals surface area contributed by atoms with Crippen LogP contribution in [0.5, 0.6) is 5.75 Å². The fourth-order valence-corrected chi connectivity index (χ4v) is 4.14. The predicted octanol–water partition coefficient (Wildman–Crippen LogP) is 4.90. The van der Waals surface area contributed by atoms with Gasteiger partial charge in [-0.15, -0.1) is 0 Å². The van der Waals surface area contributed by atoms with Gasteiger partial charge in [0.05, 0.1) is 17.1 Å². The van der Waals surface area contributed by atoms with E-state index in [1.807, 2.05) is 37.3 Å². The van der Waals surface area contributed by atoms with Crippen LogP contribution in [0.25, 0.3) is 11.5 Å². The Morgan fingerprint density at radius 2 is 1.68 bits per heavy atom. The van der Waals surface area contributed by atoms with Crippen molar-refractivity contribution >= 4 is 21.7 Å². The second-order valence-electron chi connectivity index (χ2n) is 7.17. The zero-order valence-corrected chi connectivity index (χ0v) is 19.1. The highest BCUT2D eigenvalue weighted by atomic mass is 32.2. The average Bonchev–Trinajstić information content (AvgIpc) is 3.33. The molecule has 0 bridgehead atoms. The molecule has 1 N–H and O–H groups in total. The maximum atomic E-state index is 12.6. The summed E-state index contributed by atoms with van der Waals surface area (Å²) in [5, 5.41) is 0. The van der Waals surface area contributed by atoms with Crippen molar-refractivity contribution in [2.24, 2.45) is 0 Å². The van der Waals surface area contributed by atoms with E-state index in [9.17, 15) is 13.2 Å². The zero-order valence-electron chi connectivity index (χ0n) is 18.3. The number of nitrogens with zero attached hydrogens (tertiary/aromatic N) is 1. The van der Waals surface area contributed by atoms with Crippen LogP contribution < -0.4 is 9.46 Å². The van der Waals surface area contributed by atoms with Gasteiger partial charge in [-0.2, -0.15) is 0 Å². The minimum Gasteiger partial charge on any atom is -0.494 e. The van der Waals surface area contributed by atoms with Gasteiger partial charge in [-0.25, -0.2) is 18.2 Å². The van der Waals surface area contributed by atoms with Crippen LogP contribution in [0.4, 0.5) is 5.69 Å². The van der Waals surface area contributed by atoms with Crippen LogP contribution >= 0.6 is 0 Å². The Labute approximate surface area is 197 Å². The lowest BCUT2D eigenvalue weighted by molar-refractivity contribution is 0.0468. The molecule has 0 aliphatic carbocycles. The van der Waals surface area contributed by atoms with Crippen molar-refractivity contribution in [3.05, 3.63) is 96.4 Å². The Hall–Kier alpha value is -4.11. The van der Waals surface area contributed by atoms with Crippen molar-refractivity contribution in [2.45, 2.75) is 18.4 Å². The van der Waals surface area contributed by atoms with E-state index in [0.29, 0.717) is 29.6 Å². The van der Waals surface area contributed by atoms with Crippen LogP contribution in [0.15, 0.2) is 94.4 Å². The van der Waals surface area contributed by atoms with Crippen LogP contribution in [0.2, 0.25) is 0 Å². The van der Waals surface area contributed by atoms with Gasteiger partial charge in [-0.1, -0.05) is 18.2 Å². The number of sulfonamides is 1. The lowest BCUT2D eigenvalue weighted by Gasteiger charge is -2.10. The highest BCUT2D eigenvalue weighted by Gasteiger charge is 2.15. The molecule has 0 saturated carbocycles. The number of hydrogen-bond acceptors (Lipinski definition) is 7. The third-order valence-electron chi connectivity index (χ3n) is 4.74. The molecule has 0 aliphatic heterocycles. The zero-order chi connectivity index (χ0) is 24.0. The molecular weight excluding hydrogens is 456 g/mol. The average molecular weight is 479 g/mol. The molecule has 0 radical (unpaired) electrons. The normalized spacial score (nSPS) is 11.1. The van der Waals surface area contributed by atoms with E-state index >= 15 is 0 Å². The maximum Gasteiger partial charge on any atom is 0.338 e. The second-order valence-corrected chi connectivity index (χ2v) is 8.86. The first-order valence-corrected chi connectivity index (χ1v) is 12.0. The lowest BCUT2D eigenvalue weighted by atomic mass is 10.2. The van der Waals surface area contributed by atoms with Crippen LogP contribution in [0.1, 0.15) is 23.0 Å². The van der Waals surface area contributed by atoms with E-state index in [1.165, 1.54) is 42.7 Å². The fraction of sp³-hybridized carbons (Fsp3) is 0.120. The highest BCUT2D eigenvalue weighted by Crippen LogP contribution is 2.21. The summed E-state index contributed by atoms with van der Waals surface area (Å²) >= 11 is 0. The molecule has 4 aromatic rings. The Kier molecular flexibility index (Phi) is 6.93. The quantitative estimate of drug-likeness (QED) is 0.341. The number of carbonyl (C=O) groups is 1. The number of oxazole rings is 1. The minimum absolute atomic E-state index is 0.0543. The van der Waals surface area contributed by atoms with Crippen molar-refractivity contribution in [3.63, 3.8) is 0 Å². The molecule has 4 rings (SSSR count). The van der Waals surface area contributed by atoms with Gasteiger partial charge in [0.25, 0.3) is 10.0 Å². The van der Waals surface area contributed by atoms with Crippen molar-refractivity contribution in [2.75, 3.05) is 11.3 Å². The largest absolute Gasteiger partial charge is 0.494 e. The van der Waals surface area contributed by atoms with Crippen molar-refractivity contribution in [3.8, 4) is 17.2 Å². The smallest absolute Gasteiger partial charge is 0.338 e. The van der Waals surface area contributed by atoms with Crippen LogP contribution in [0, 0.1) is 0 Å². The molecule has 0 fully saturated rings. The number of hydrogen-bond donors (Lipinski definition) is 1. The second kappa shape index (κ2) is 10.2. The van der Waals surface area contributed by atoms with Gasteiger partial charge < -0.3 is 13.9 Å². The molecule has 0 saturated heterocycles. The first-order chi connectivity index (χ1) is 16.4. The standard InChI is InChI=1S/C25H22N2O6S/c1-2-31-22-12-14-23(15-13-22)34(29,30)27-20-10-8-19(9-11-20)25(28)33-17-21-16-32-24(26-21)18-6-4-3-5-7-18/h3-16,27H,2,17H2,1H3. The van der Waals surface area contributed by atoms with E-state index in [4.69, 9.17) is 13.9 Å². The first-order valence-electron chi connectivity index (χ1n) is 10.5. The summed E-state index contributed by atoms with van der Waals surface area (Å²) in [6, 6.07) is 21.4. The van der Waals surface area contributed by atoms with Gasteiger partial charge in [0.15, 0.2) is 0 Å². The monoisotopic (exact) mass is 478 g/mol. The van der Waals surface area contributed by atoms with E-state index in [0.717, 1.165) is 5.56 Å². The summed E-state index contributed by atoms with van der Waals surface area (Å²) in [7, 11) is -3.79. The van der Waals surface area contributed by atoms with E-state index in [2.05, 4.69) is 9.71 Å².